The number of benzene rings is 1. The maximum atomic E-state index is 12.8. The van der Waals surface area contributed by atoms with Gasteiger partial charge in [-0.3, -0.25) is 4.79 Å². The standard InChI is InChI=1S/C16H20N2O5S/c1-22-11-13-12-5-3-4-6-14(12)23-15(13)16(19)17-7-9-18(10-8-17)24(2,20)21/h3-6H,7-11H2,1-2H3. The van der Waals surface area contributed by atoms with Crippen LogP contribution >= 0.6 is 0 Å². The van der Waals surface area contributed by atoms with Gasteiger partial charge in [0, 0.05) is 44.2 Å². The Labute approximate surface area is 140 Å². The molecule has 2 heterocycles. The van der Waals surface area contributed by atoms with Crippen LogP contribution in [0, 0.1) is 0 Å². The molecule has 0 atom stereocenters. The quantitative estimate of drug-likeness (QED) is 0.828. The Bertz CT molecular complexity index is 850. The van der Waals surface area contributed by atoms with Crippen LogP contribution in [0.4, 0.5) is 0 Å². The summed E-state index contributed by atoms with van der Waals surface area (Å²) < 4.78 is 35.5. The molecule has 1 aliphatic rings. The van der Waals surface area contributed by atoms with Crippen LogP contribution in [0.3, 0.4) is 0 Å². The number of carbonyl (C=O) groups is 1. The Balaban J connectivity index is 1.86. The largest absolute Gasteiger partial charge is 0.451 e. The maximum Gasteiger partial charge on any atom is 0.290 e. The molecule has 1 aromatic heterocycles. The third kappa shape index (κ3) is 3.17. The summed E-state index contributed by atoms with van der Waals surface area (Å²) in [5.41, 5.74) is 1.37. The van der Waals surface area contributed by atoms with Gasteiger partial charge in [-0.15, -0.1) is 0 Å². The lowest BCUT2D eigenvalue weighted by Crippen LogP contribution is -2.50. The van der Waals surface area contributed by atoms with Crippen molar-refractivity contribution in [1.29, 1.82) is 0 Å². The van der Waals surface area contributed by atoms with Gasteiger partial charge in [0.05, 0.1) is 12.9 Å². The Hall–Kier alpha value is -1.90. The topological polar surface area (TPSA) is 80.1 Å². The van der Waals surface area contributed by atoms with Crippen molar-refractivity contribution in [3.05, 3.63) is 35.6 Å². The highest BCUT2D eigenvalue weighted by molar-refractivity contribution is 7.88. The van der Waals surface area contributed by atoms with Gasteiger partial charge >= 0.3 is 0 Å². The molecule has 3 rings (SSSR count). The summed E-state index contributed by atoms with van der Waals surface area (Å²) in [6.07, 6.45) is 1.18. The van der Waals surface area contributed by atoms with Gasteiger partial charge in [-0.05, 0) is 6.07 Å². The Kier molecular flexibility index (Phi) is 4.62. The van der Waals surface area contributed by atoms with Crippen molar-refractivity contribution in [2.45, 2.75) is 6.61 Å². The van der Waals surface area contributed by atoms with E-state index in [4.69, 9.17) is 9.15 Å². The number of hydrogen-bond donors (Lipinski definition) is 0. The molecule has 1 fully saturated rings. The van der Waals surface area contributed by atoms with Crippen LogP contribution in [0.2, 0.25) is 0 Å². The number of carbonyl (C=O) groups excluding carboxylic acids is 1. The number of furan rings is 1. The summed E-state index contributed by atoms with van der Waals surface area (Å²) in [6.45, 7) is 1.56. The lowest BCUT2D eigenvalue weighted by molar-refractivity contribution is 0.0662. The average Bonchev–Trinajstić information content (AvgIpc) is 2.93. The SMILES string of the molecule is COCc1c(C(=O)N2CCN(S(C)(=O)=O)CC2)oc2ccccc12. The van der Waals surface area contributed by atoms with Gasteiger partial charge in [0.15, 0.2) is 5.76 Å². The minimum Gasteiger partial charge on any atom is -0.451 e. The van der Waals surface area contributed by atoms with E-state index in [0.29, 0.717) is 31.8 Å². The van der Waals surface area contributed by atoms with Gasteiger partial charge in [-0.1, -0.05) is 18.2 Å². The Morgan fingerprint density at radius 1 is 1.21 bits per heavy atom. The number of piperazine rings is 1. The molecule has 8 heteroatoms. The Morgan fingerprint density at radius 2 is 1.88 bits per heavy atom. The molecule has 2 aromatic rings. The minimum atomic E-state index is -3.22. The lowest BCUT2D eigenvalue weighted by atomic mass is 10.1. The highest BCUT2D eigenvalue weighted by Gasteiger charge is 2.30. The van der Waals surface area contributed by atoms with E-state index in [1.165, 1.54) is 10.6 Å². The zero-order chi connectivity index (χ0) is 17.3. The zero-order valence-electron chi connectivity index (χ0n) is 13.7. The van der Waals surface area contributed by atoms with E-state index in [0.717, 1.165) is 10.9 Å². The second kappa shape index (κ2) is 6.54. The molecule has 0 unspecified atom stereocenters. The van der Waals surface area contributed by atoms with Crippen LogP contribution in [-0.4, -0.2) is 63.1 Å². The molecule has 24 heavy (non-hydrogen) atoms. The first-order valence-corrected chi connectivity index (χ1v) is 9.50. The van der Waals surface area contributed by atoms with Crippen molar-refractivity contribution in [2.24, 2.45) is 0 Å². The van der Waals surface area contributed by atoms with E-state index < -0.39 is 10.0 Å². The first-order valence-electron chi connectivity index (χ1n) is 7.65. The minimum absolute atomic E-state index is 0.230. The van der Waals surface area contributed by atoms with Crippen molar-refractivity contribution in [2.75, 3.05) is 39.5 Å². The van der Waals surface area contributed by atoms with E-state index in [2.05, 4.69) is 0 Å². The van der Waals surface area contributed by atoms with Crippen molar-refractivity contribution in [3.8, 4) is 0 Å². The highest BCUT2D eigenvalue weighted by atomic mass is 32.2. The predicted octanol–water partition coefficient (Wildman–Crippen LogP) is 1.30. The predicted molar refractivity (Wildman–Crippen MR) is 89.2 cm³/mol. The van der Waals surface area contributed by atoms with Gasteiger partial charge in [0.2, 0.25) is 10.0 Å². The first kappa shape index (κ1) is 16.9. The van der Waals surface area contributed by atoms with Crippen molar-refractivity contribution >= 4 is 26.9 Å². The third-order valence-corrected chi connectivity index (χ3v) is 5.48. The molecule has 7 nitrogen and oxygen atoms in total. The normalized spacial score (nSPS) is 16.7. The van der Waals surface area contributed by atoms with Gasteiger partial charge in [0.25, 0.3) is 5.91 Å². The number of nitrogens with zero attached hydrogens (tertiary/aromatic N) is 2. The van der Waals surface area contributed by atoms with Gasteiger partial charge in [-0.25, -0.2) is 8.42 Å². The smallest absolute Gasteiger partial charge is 0.290 e. The van der Waals surface area contributed by atoms with Crippen LogP contribution < -0.4 is 0 Å². The number of rotatable bonds is 4. The molecule has 1 aliphatic heterocycles. The average molecular weight is 352 g/mol. The molecule has 1 aromatic carbocycles. The number of methoxy groups -OCH3 is 1. The van der Waals surface area contributed by atoms with Gasteiger partial charge < -0.3 is 14.1 Å². The van der Waals surface area contributed by atoms with Crippen LogP contribution in [0.15, 0.2) is 28.7 Å². The third-order valence-electron chi connectivity index (χ3n) is 4.18. The number of hydrogen-bond acceptors (Lipinski definition) is 5. The number of para-hydroxylation sites is 1. The summed E-state index contributed by atoms with van der Waals surface area (Å²) >= 11 is 0. The fourth-order valence-corrected chi connectivity index (χ4v) is 3.75. The van der Waals surface area contributed by atoms with E-state index in [1.54, 1.807) is 12.0 Å². The van der Waals surface area contributed by atoms with Crippen molar-refractivity contribution in [1.82, 2.24) is 9.21 Å². The second-order valence-corrected chi connectivity index (χ2v) is 7.78. The van der Waals surface area contributed by atoms with Crippen molar-refractivity contribution < 1.29 is 22.4 Å². The van der Waals surface area contributed by atoms with Crippen LogP contribution in [0.1, 0.15) is 16.1 Å². The number of ether oxygens (including phenoxy) is 1. The Morgan fingerprint density at radius 3 is 2.50 bits per heavy atom. The molecule has 0 aliphatic carbocycles. The number of sulfonamides is 1. The molecule has 1 saturated heterocycles. The molecular weight excluding hydrogens is 332 g/mol. The summed E-state index contributed by atoms with van der Waals surface area (Å²) in [4.78, 5) is 14.5. The van der Waals surface area contributed by atoms with Crippen LogP contribution in [0.25, 0.3) is 11.0 Å². The van der Waals surface area contributed by atoms with Crippen LogP contribution in [0.5, 0.6) is 0 Å². The van der Waals surface area contributed by atoms with Crippen molar-refractivity contribution in [3.63, 3.8) is 0 Å². The lowest BCUT2D eigenvalue weighted by Gasteiger charge is -2.32. The first-order chi connectivity index (χ1) is 11.4. The summed E-state index contributed by atoms with van der Waals surface area (Å²) in [5.74, 6) is 0.0391. The zero-order valence-corrected chi connectivity index (χ0v) is 14.5. The number of fused-ring (bicyclic) bond motifs is 1. The molecule has 0 saturated carbocycles. The summed E-state index contributed by atoms with van der Waals surface area (Å²) in [6, 6.07) is 7.44. The summed E-state index contributed by atoms with van der Waals surface area (Å²) in [7, 11) is -1.65. The van der Waals surface area contributed by atoms with E-state index in [-0.39, 0.29) is 18.3 Å². The molecule has 1 amide bonds. The fourth-order valence-electron chi connectivity index (χ4n) is 2.93. The van der Waals surface area contributed by atoms with E-state index in [9.17, 15) is 13.2 Å². The molecule has 0 N–H and O–H groups in total. The van der Waals surface area contributed by atoms with E-state index in [1.807, 2.05) is 24.3 Å². The molecule has 0 spiro atoms. The fraction of sp³-hybridized carbons (Fsp3) is 0.438. The van der Waals surface area contributed by atoms with Crippen LogP contribution in [-0.2, 0) is 21.4 Å². The molecular formula is C16H20N2O5S. The maximum absolute atomic E-state index is 12.8. The highest BCUT2D eigenvalue weighted by Crippen LogP contribution is 2.28. The second-order valence-electron chi connectivity index (χ2n) is 5.79. The number of amides is 1. The summed E-state index contributed by atoms with van der Waals surface area (Å²) in [5, 5.41) is 0.859. The van der Waals surface area contributed by atoms with Gasteiger partial charge in [0.1, 0.15) is 5.58 Å². The van der Waals surface area contributed by atoms with Gasteiger partial charge in [-0.2, -0.15) is 4.31 Å². The monoisotopic (exact) mass is 352 g/mol. The molecule has 0 radical (unpaired) electrons. The van der Waals surface area contributed by atoms with E-state index >= 15 is 0 Å². The molecule has 0 bridgehead atoms. The molecule has 130 valence electrons.